The summed E-state index contributed by atoms with van der Waals surface area (Å²) in [5.74, 6) is 1.75. The van der Waals surface area contributed by atoms with Crippen LogP contribution < -0.4 is 4.90 Å². The number of anilines is 1. The van der Waals surface area contributed by atoms with Crippen molar-refractivity contribution in [1.82, 2.24) is 9.97 Å². The predicted molar refractivity (Wildman–Crippen MR) is 104 cm³/mol. The second-order valence-electron chi connectivity index (χ2n) is 7.54. The number of nitrogens with zero attached hydrogens (tertiary/aromatic N) is 3. The third kappa shape index (κ3) is 2.95. The molecule has 0 spiro atoms. The van der Waals surface area contributed by atoms with Gasteiger partial charge in [-0.15, -0.1) is 0 Å². The van der Waals surface area contributed by atoms with Gasteiger partial charge in [0.15, 0.2) is 0 Å². The highest BCUT2D eigenvalue weighted by molar-refractivity contribution is 5.95. The number of rotatable bonds is 3. The van der Waals surface area contributed by atoms with Gasteiger partial charge in [-0.3, -0.25) is 4.98 Å². The lowest BCUT2D eigenvalue weighted by Crippen LogP contribution is -2.36. The summed E-state index contributed by atoms with van der Waals surface area (Å²) in [7, 11) is 0. The first-order valence-corrected chi connectivity index (χ1v) is 9.56. The van der Waals surface area contributed by atoms with Gasteiger partial charge in [-0.25, -0.2) is 4.98 Å². The molecule has 1 N–H and O–H groups in total. The molecule has 1 aromatic carbocycles. The van der Waals surface area contributed by atoms with Gasteiger partial charge in [0.05, 0.1) is 11.8 Å². The van der Waals surface area contributed by atoms with E-state index in [-0.39, 0.29) is 6.10 Å². The number of fused-ring (bicyclic) bond motifs is 1. The van der Waals surface area contributed by atoms with Crippen LogP contribution in [0.1, 0.15) is 37.2 Å². The first-order chi connectivity index (χ1) is 12.8. The van der Waals surface area contributed by atoms with Crippen LogP contribution in [0.25, 0.3) is 22.0 Å². The Kier molecular flexibility index (Phi) is 3.86. The van der Waals surface area contributed by atoms with E-state index in [0.717, 1.165) is 48.9 Å². The molecule has 4 nitrogen and oxygen atoms in total. The number of aromatic nitrogens is 2. The Bertz CT molecular complexity index is 943. The summed E-state index contributed by atoms with van der Waals surface area (Å²) in [6.07, 6.45) is 7.86. The zero-order valence-electron chi connectivity index (χ0n) is 14.8. The molecule has 1 saturated heterocycles. The van der Waals surface area contributed by atoms with Crippen LogP contribution in [-0.4, -0.2) is 34.3 Å². The highest BCUT2D eigenvalue weighted by atomic mass is 16.3. The molecule has 0 radical (unpaired) electrons. The second kappa shape index (κ2) is 6.36. The molecular formula is C22H23N3O. The molecule has 1 aliphatic carbocycles. The van der Waals surface area contributed by atoms with Crippen molar-refractivity contribution in [3.05, 3.63) is 54.4 Å². The van der Waals surface area contributed by atoms with Gasteiger partial charge in [0.25, 0.3) is 0 Å². The summed E-state index contributed by atoms with van der Waals surface area (Å²) >= 11 is 0. The van der Waals surface area contributed by atoms with E-state index in [1.165, 1.54) is 29.2 Å². The Hall–Kier alpha value is -2.46. The van der Waals surface area contributed by atoms with E-state index in [1.54, 1.807) is 0 Å². The fourth-order valence-electron chi connectivity index (χ4n) is 3.92. The lowest BCUT2D eigenvalue weighted by atomic mass is 10.0. The predicted octanol–water partition coefficient (Wildman–Crippen LogP) is 4.14. The highest BCUT2D eigenvalue weighted by Gasteiger charge is 2.24. The van der Waals surface area contributed by atoms with Crippen molar-refractivity contribution in [3.8, 4) is 11.3 Å². The van der Waals surface area contributed by atoms with Crippen molar-refractivity contribution in [3.63, 3.8) is 0 Å². The van der Waals surface area contributed by atoms with Crippen LogP contribution >= 0.6 is 0 Å². The highest BCUT2D eigenvalue weighted by Crippen LogP contribution is 2.41. The zero-order chi connectivity index (χ0) is 17.5. The Balaban J connectivity index is 1.56. The lowest BCUT2D eigenvalue weighted by Gasteiger charge is -2.31. The third-order valence-electron chi connectivity index (χ3n) is 5.64. The molecule has 3 heterocycles. The summed E-state index contributed by atoms with van der Waals surface area (Å²) in [6, 6.07) is 13.0. The maximum Gasteiger partial charge on any atom is 0.136 e. The molecule has 0 atom stereocenters. The minimum Gasteiger partial charge on any atom is -0.393 e. The zero-order valence-corrected chi connectivity index (χ0v) is 14.8. The molecule has 2 fully saturated rings. The van der Waals surface area contributed by atoms with Crippen molar-refractivity contribution >= 4 is 16.6 Å². The molecule has 132 valence electrons. The number of hydrogen-bond acceptors (Lipinski definition) is 4. The minimum atomic E-state index is -0.175. The van der Waals surface area contributed by atoms with Gasteiger partial charge in [0, 0.05) is 36.4 Å². The third-order valence-corrected chi connectivity index (χ3v) is 5.64. The van der Waals surface area contributed by atoms with Gasteiger partial charge in [0.2, 0.25) is 0 Å². The van der Waals surface area contributed by atoms with E-state index in [9.17, 15) is 5.11 Å². The van der Waals surface area contributed by atoms with Crippen LogP contribution in [0.5, 0.6) is 0 Å². The monoisotopic (exact) mass is 345 g/mol. The van der Waals surface area contributed by atoms with E-state index in [4.69, 9.17) is 0 Å². The SMILES string of the molecule is OC1CCN(c2nccc3ccc(-c4cc(C5CC5)ccn4)cc23)CC1. The van der Waals surface area contributed by atoms with Crippen molar-refractivity contribution in [2.24, 2.45) is 0 Å². The summed E-state index contributed by atoms with van der Waals surface area (Å²) in [5.41, 5.74) is 3.60. The molecular weight excluding hydrogens is 322 g/mol. The Morgan fingerprint density at radius 1 is 0.885 bits per heavy atom. The fourth-order valence-corrected chi connectivity index (χ4v) is 3.92. The molecule has 1 saturated carbocycles. The first kappa shape index (κ1) is 15.8. The van der Waals surface area contributed by atoms with Gasteiger partial charge in [-0.2, -0.15) is 0 Å². The molecule has 5 rings (SSSR count). The van der Waals surface area contributed by atoms with Gasteiger partial charge in [-0.05, 0) is 66.8 Å². The molecule has 26 heavy (non-hydrogen) atoms. The number of hydrogen-bond donors (Lipinski definition) is 1. The largest absolute Gasteiger partial charge is 0.393 e. The molecule has 1 aliphatic heterocycles. The first-order valence-electron chi connectivity index (χ1n) is 9.56. The molecule has 2 aromatic heterocycles. The smallest absolute Gasteiger partial charge is 0.136 e. The molecule has 0 unspecified atom stereocenters. The van der Waals surface area contributed by atoms with E-state index in [1.807, 2.05) is 12.4 Å². The van der Waals surface area contributed by atoms with Crippen LogP contribution in [0, 0.1) is 0 Å². The number of benzene rings is 1. The second-order valence-corrected chi connectivity index (χ2v) is 7.54. The van der Waals surface area contributed by atoms with Crippen LogP contribution in [0.4, 0.5) is 5.82 Å². The van der Waals surface area contributed by atoms with Gasteiger partial charge >= 0.3 is 0 Å². The molecule has 0 bridgehead atoms. The maximum absolute atomic E-state index is 9.80. The molecule has 3 aromatic rings. The number of aliphatic hydroxyl groups excluding tert-OH is 1. The number of pyridine rings is 2. The quantitative estimate of drug-likeness (QED) is 0.775. The average Bonchev–Trinajstić information content (AvgIpc) is 3.53. The Morgan fingerprint density at radius 2 is 1.69 bits per heavy atom. The van der Waals surface area contributed by atoms with E-state index >= 15 is 0 Å². The maximum atomic E-state index is 9.80. The Labute approximate surface area is 153 Å². The summed E-state index contributed by atoms with van der Waals surface area (Å²) < 4.78 is 0. The van der Waals surface area contributed by atoms with E-state index in [0.29, 0.717) is 0 Å². The lowest BCUT2D eigenvalue weighted by molar-refractivity contribution is 0.145. The normalized spacial score (nSPS) is 18.4. The van der Waals surface area contributed by atoms with E-state index < -0.39 is 0 Å². The Morgan fingerprint density at radius 3 is 2.50 bits per heavy atom. The van der Waals surface area contributed by atoms with Crippen molar-refractivity contribution in [2.45, 2.75) is 37.7 Å². The van der Waals surface area contributed by atoms with Crippen molar-refractivity contribution in [2.75, 3.05) is 18.0 Å². The number of piperidine rings is 1. The van der Waals surface area contributed by atoms with Crippen LogP contribution in [0.2, 0.25) is 0 Å². The number of aliphatic hydroxyl groups is 1. The van der Waals surface area contributed by atoms with Crippen LogP contribution in [0.3, 0.4) is 0 Å². The van der Waals surface area contributed by atoms with E-state index in [2.05, 4.69) is 51.3 Å². The van der Waals surface area contributed by atoms with Gasteiger partial charge in [-0.1, -0.05) is 12.1 Å². The molecule has 4 heteroatoms. The molecule has 2 aliphatic rings. The minimum absolute atomic E-state index is 0.175. The summed E-state index contributed by atoms with van der Waals surface area (Å²) in [5, 5.41) is 12.2. The van der Waals surface area contributed by atoms with Gasteiger partial charge in [0.1, 0.15) is 5.82 Å². The van der Waals surface area contributed by atoms with Crippen molar-refractivity contribution in [1.29, 1.82) is 0 Å². The molecule has 0 amide bonds. The van der Waals surface area contributed by atoms with Crippen molar-refractivity contribution < 1.29 is 5.11 Å². The average molecular weight is 345 g/mol. The fraction of sp³-hybridized carbons (Fsp3) is 0.364. The summed E-state index contributed by atoms with van der Waals surface area (Å²) in [6.45, 7) is 1.71. The standard InChI is InChI=1S/C22H23N3O/c26-19-7-11-25(12-8-19)22-20-13-18(4-3-16(20)5-10-24-22)21-14-17(6-9-23-21)15-1-2-15/h3-6,9-10,13-15,19,26H,1-2,7-8,11-12H2. The van der Waals surface area contributed by atoms with Crippen LogP contribution in [-0.2, 0) is 0 Å². The topological polar surface area (TPSA) is 49.2 Å². The van der Waals surface area contributed by atoms with Crippen LogP contribution in [0.15, 0.2) is 48.8 Å². The summed E-state index contributed by atoms with van der Waals surface area (Å²) in [4.78, 5) is 11.6. The van der Waals surface area contributed by atoms with Gasteiger partial charge < -0.3 is 10.0 Å².